The predicted molar refractivity (Wildman–Crippen MR) is 89.0 cm³/mol. The molecule has 1 saturated heterocycles. The van der Waals surface area contributed by atoms with Crippen LogP contribution in [0.5, 0.6) is 0 Å². The van der Waals surface area contributed by atoms with Crippen LogP contribution < -0.4 is 10.2 Å². The summed E-state index contributed by atoms with van der Waals surface area (Å²) in [4.78, 5) is 25.7. The Hall–Kier alpha value is -2.60. The smallest absolute Gasteiger partial charge is 0.287 e. The normalized spacial score (nSPS) is 17.8. The molecule has 2 amide bonds. The van der Waals surface area contributed by atoms with E-state index < -0.39 is 0 Å². The molecule has 1 aliphatic heterocycles. The molecule has 1 fully saturated rings. The number of carbonyl (C=O) groups excluding carboxylic acids is 2. The molecule has 0 radical (unpaired) electrons. The summed E-state index contributed by atoms with van der Waals surface area (Å²) < 4.78 is 10.6. The lowest BCUT2D eigenvalue weighted by Gasteiger charge is -2.32. The molecule has 0 spiro atoms. The molecule has 1 N–H and O–H groups in total. The number of ether oxygens (including phenoxy) is 1. The number of furan rings is 1. The quantitative estimate of drug-likeness (QED) is 0.911. The van der Waals surface area contributed by atoms with Crippen molar-refractivity contribution >= 4 is 17.5 Å². The van der Waals surface area contributed by atoms with Crippen molar-refractivity contribution in [2.45, 2.75) is 19.4 Å². The van der Waals surface area contributed by atoms with Crippen molar-refractivity contribution in [3.8, 4) is 0 Å². The van der Waals surface area contributed by atoms with E-state index in [1.165, 1.54) is 11.8 Å². The number of rotatable bonds is 5. The summed E-state index contributed by atoms with van der Waals surface area (Å²) >= 11 is 0. The van der Waals surface area contributed by atoms with Gasteiger partial charge in [-0.25, -0.2) is 0 Å². The van der Waals surface area contributed by atoms with Crippen LogP contribution in [0.4, 0.5) is 5.69 Å². The van der Waals surface area contributed by atoms with Crippen LogP contribution in [-0.4, -0.2) is 37.6 Å². The molecule has 126 valence electrons. The SMILES string of the molecule is CCc1ccc(N2CC(CNC(=O)c3ccco3)OCC2=O)cc1. The molecule has 1 aliphatic rings. The molecule has 1 aromatic heterocycles. The fourth-order valence-corrected chi connectivity index (χ4v) is 2.61. The van der Waals surface area contributed by atoms with Gasteiger partial charge in [0.15, 0.2) is 5.76 Å². The zero-order valence-electron chi connectivity index (χ0n) is 13.5. The molecule has 3 rings (SSSR count). The lowest BCUT2D eigenvalue weighted by molar-refractivity contribution is -0.129. The number of hydrogen-bond acceptors (Lipinski definition) is 4. The Balaban J connectivity index is 1.60. The molecular weight excluding hydrogens is 308 g/mol. The zero-order chi connectivity index (χ0) is 16.9. The molecule has 1 unspecified atom stereocenters. The van der Waals surface area contributed by atoms with Crippen molar-refractivity contribution in [1.82, 2.24) is 5.32 Å². The second-order valence-corrected chi connectivity index (χ2v) is 5.64. The van der Waals surface area contributed by atoms with E-state index in [-0.39, 0.29) is 30.3 Å². The van der Waals surface area contributed by atoms with Gasteiger partial charge in [0.25, 0.3) is 11.8 Å². The average molecular weight is 328 g/mol. The van der Waals surface area contributed by atoms with Gasteiger partial charge in [0.1, 0.15) is 6.61 Å². The maximum atomic E-state index is 12.1. The minimum absolute atomic E-state index is 0.0107. The Bertz CT molecular complexity index is 694. The summed E-state index contributed by atoms with van der Waals surface area (Å²) in [7, 11) is 0. The van der Waals surface area contributed by atoms with Gasteiger partial charge in [-0.3, -0.25) is 9.59 Å². The predicted octanol–water partition coefficient (Wildman–Crippen LogP) is 2.00. The van der Waals surface area contributed by atoms with E-state index in [0.29, 0.717) is 13.1 Å². The van der Waals surface area contributed by atoms with Crippen molar-refractivity contribution < 1.29 is 18.7 Å². The number of aryl methyl sites for hydroxylation is 1. The Morgan fingerprint density at radius 3 is 2.75 bits per heavy atom. The number of amides is 2. The number of carbonyl (C=O) groups is 2. The van der Waals surface area contributed by atoms with Gasteiger partial charge < -0.3 is 19.4 Å². The van der Waals surface area contributed by atoms with Gasteiger partial charge in [0.05, 0.1) is 18.9 Å². The maximum Gasteiger partial charge on any atom is 0.287 e. The summed E-state index contributed by atoms with van der Waals surface area (Å²) in [6.07, 6.45) is 2.15. The van der Waals surface area contributed by atoms with E-state index >= 15 is 0 Å². The molecule has 0 bridgehead atoms. The first-order chi connectivity index (χ1) is 11.7. The average Bonchev–Trinajstić information content (AvgIpc) is 3.15. The number of morpholine rings is 1. The van der Waals surface area contributed by atoms with Crippen LogP contribution in [0.3, 0.4) is 0 Å². The van der Waals surface area contributed by atoms with Gasteiger partial charge in [-0.2, -0.15) is 0 Å². The molecule has 1 aromatic carbocycles. The van der Waals surface area contributed by atoms with Crippen molar-refractivity contribution in [2.24, 2.45) is 0 Å². The topological polar surface area (TPSA) is 71.8 Å². The monoisotopic (exact) mass is 328 g/mol. The van der Waals surface area contributed by atoms with Crippen LogP contribution in [0, 0.1) is 0 Å². The molecule has 0 saturated carbocycles. The maximum absolute atomic E-state index is 12.1. The summed E-state index contributed by atoms with van der Waals surface area (Å²) in [5, 5.41) is 2.76. The third-order valence-electron chi connectivity index (χ3n) is 4.02. The molecule has 2 heterocycles. The molecule has 0 aliphatic carbocycles. The number of nitrogens with one attached hydrogen (secondary N) is 1. The van der Waals surface area contributed by atoms with Crippen molar-refractivity contribution in [3.63, 3.8) is 0 Å². The highest BCUT2D eigenvalue weighted by Crippen LogP contribution is 2.19. The van der Waals surface area contributed by atoms with Gasteiger partial charge in [0.2, 0.25) is 0 Å². The lowest BCUT2D eigenvalue weighted by Crippen LogP contribution is -2.50. The number of anilines is 1. The molecule has 24 heavy (non-hydrogen) atoms. The summed E-state index contributed by atoms with van der Waals surface area (Å²) in [5.74, 6) is -0.110. The van der Waals surface area contributed by atoms with E-state index in [1.54, 1.807) is 17.0 Å². The molecule has 1 atom stereocenters. The van der Waals surface area contributed by atoms with Crippen molar-refractivity contribution in [3.05, 3.63) is 54.0 Å². The fourth-order valence-electron chi connectivity index (χ4n) is 2.61. The Labute approximate surface area is 140 Å². The van der Waals surface area contributed by atoms with E-state index in [2.05, 4.69) is 12.2 Å². The standard InChI is InChI=1S/C18H20N2O4/c1-2-13-5-7-14(8-6-13)20-11-15(24-12-17(20)21)10-19-18(22)16-4-3-9-23-16/h3-9,15H,2,10-12H2,1H3,(H,19,22). The minimum Gasteiger partial charge on any atom is -0.459 e. The highest BCUT2D eigenvalue weighted by Gasteiger charge is 2.27. The molecule has 6 nitrogen and oxygen atoms in total. The minimum atomic E-state index is -0.292. The Morgan fingerprint density at radius 1 is 1.29 bits per heavy atom. The summed E-state index contributed by atoms with van der Waals surface area (Å²) in [6.45, 7) is 2.82. The first-order valence-corrected chi connectivity index (χ1v) is 8.00. The fraction of sp³-hybridized carbons (Fsp3) is 0.333. The largest absolute Gasteiger partial charge is 0.459 e. The van der Waals surface area contributed by atoms with Crippen LogP contribution >= 0.6 is 0 Å². The molecular formula is C18H20N2O4. The van der Waals surface area contributed by atoms with Crippen LogP contribution in [-0.2, 0) is 16.0 Å². The first-order valence-electron chi connectivity index (χ1n) is 8.00. The van der Waals surface area contributed by atoms with Crippen molar-refractivity contribution in [1.29, 1.82) is 0 Å². The summed E-state index contributed by atoms with van der Waals surface area (Å²) in [5.41, 5.74) is 2.07. The van der Waals surface area contributed by atoms with Crippen molar-refractivity contribution in [2.75, 3.05) is 24.6 Å². The van der Waals surface area contributed by atoms with Gasteiger partial charge in [0, 0.05) is 12.2 Å². The van der Waals surface area contributed by atoms with Crippen LogP contribution in [0.25, 0.3) is 0 Å². The summed E-state index contributed by atoms with van der Waals surface area (Å²) in [6, 6.07) is 11.2. The Kier molecular flexibility index (Phi) is 4.96. The number of nitrogens with zero attached hydrogens (tertiary/aromatic N) is 1. The van der Waals surface area contributed by atoms with E-state index in [0.717, 1.165) is 12.1 Å². The van der Waals surface area contributed by atoms with Gasteiger partial charge in [-0.15, -0.1) is 0 Å². The highest BCUT2D eigenvalue weighted by molar-refractivity contribution is 5.95. The first kappa shape index (κ1) is 16.3. The lowest BCUT2D eigenvalue weighted by atomic mass is 10.1. The Morgan fingerprint density at radius 2 is 2.08 bits per heavy atom. The third kappa shape index (κ3) is 3.65. The van der Waals surface area contributed by atoms with Gasteiger partial charge in [-0.05, 0) is 36.2 Å². The van der Waals surface area contributed by atoms with E-state index in [1.807, 2.05) is 24.3 Å². The van der Waals surface area contributed by atoms with Crippen LogP contribution in [0.15, 0.2) is 47.1 Å². The third-order valence-corrected chi connectivity index (χ3v) is 4.02. The number of benzene rings is 1. The van der Waals surface area contributed by atoms with E-state index in [4.69, 9.17) is 9.15 Å². The van der Waals surface area contributed by atoms with Crippen LogP contribution in [0.1, 0.15) is 23.0 Å². The second-order valence-electron chi connectivity index (χ2n) is 5.64. The number of hydrogen-bond donors (Lipinski definition) is 1. The zero-order valence-corrected chi connectivity index (χ0v) is 13.5. The second kappa shape index (κ2) is 7.31. The highest BCUT2D eigenvalue weighted by atomic mass is 16.5. The molecule has 2 aromatic rings. The van der Waals surface area contributed by atoms with Gasteiger partial charge in [-0.1, -0.05) is 19.1 Å². The van der Waals surface area contributed by atoms with Gasteiger partial charge >= 0.3 is 0 Å². The van der Waals surface area contributed by atoms with Crippen LogP contribution in [0.2, 0.25) is 0 Å². The molecule has 6 heteroatoms. The van der Waals surface area contributed by atoms with E-state index in [9.17, 15) is 9.59 Å².